The summed E-state index contributed by atoms with van der Waals surface area (Å²) in [7, 11) is 0. The van der Waals surface area contributed by atoms with Crippen molar-refractivity contribution in [1.82, 2.24) is 9.97 Å². The molecule has 0 spiro atoms. The first-order valence-corrected chi connectivity index (χ1v) is 8.96. The third kappa shape index (κ3) is 3.29. The van der Waals surface area contributed by atoms with E-state index in [0.717, 1.165) is 12.8 Å². The Balaban J connectivity index is 1.64. The van der Waals surface area contributed by atoms with Gasteiger partial charge in [-0.15, -0.1) is 0 Å². The molecule has 28 heavy (non-hydrogen) atoms. The highest BCUT2D eigenvalue weighted by Gasteiger charge is 2.24. The van der Waals surface area contributed by atoms with Crippen LogP contribution >= 0.6 is 0 Å². The number of nitrogens with zero attached hydrogens (tertiary/aromatic N) is 2. The molecule has 4 rings (SSSR count). The average Bonchev–Trinajstić information content (AvgIpc) is 3.10. The van der Waals surface area contributed by atoms with E-state index in [1.54, 1.807) is 24.3 Å². The standard InChI is InChI=1S/C21H20N6O/c22-18(14-6-3-7-15(8-14)20(24)28)17-19(23)25-11-26-21(17)27-16-9-12-4-1-2-5-13(12)10-16/h1-8,11,16,22H,9-10H2,(H2,24,28)(H3,23,25,26,27). The molecule has 1 heterocycles. The van der Waals surface area contributed by atoms with E-state index < -0.39 is 5.91 Å². The van der Waals surface area contributed by atoms with Crippen molar-refractivity contribution in [3.63, 3.8) is 0 Å². The van der Waals surface area contributed by atoms with E-state index in [4.69, 9.17) is 16.9 Å². The van der Waals surface area contributed by atoms with Crippen LogP contribution in [0.3, 0.4) is 0 Å². The monoisotopic (exact) mass is 372 g/mol. The Morgan fingerprint density at radius 2 is 1.71 bits per heavy atom. The van der Waals surface area contributed by atoms with Gasteiger partial charge in [0.1, 0.15) is 18.0 Å². The van der Waals surface area contributed by atoms with Gasteiger partial charge in [-0.2, -0.15) is 0 Å². The number of hydrogen-bond acceptors (Lipinski definition) is 6. The lowest BCUT2D eigenvalue weighted by Crippen LogP contribution is -2.23. The van der Waals surface area contributed by atoms with Gasteiger partial charge in [-0.25, -0.2) is 9.97 Å². The second kappa shape index (κ2) is 7.11. The molecule has 0 saturated carbocycles. The van der Waals surface area contributed by atoms with E-state index in [-0.39, 0.29) is 17.6 Å². The SMILES string of the molecule is N=C(c1cccc(C(N)=O)c1)c1c(N)ncnc1NC1Cc2ccccc2C1. The van der Waals surface area contributed by atoms with Crippen LogP contribution in [-0.4, -0.2) is 27.6 Å². The molecule has 2 aromatic carbocycles. The van der Waals surface area contributed by atoms with Crippen molar-refractivity contribution in [2.24, 2.45) is 5.73 Å². The smallest absolute Gasteiger partial charge is 0.248 e. The van der Waals surface area contributed by atoms with Crippen LogP contribution in [0.5, 0.6) is 0 Å². The average molecular weight is 372 g/mol. The summed E-state index contributed by atoms with van der Waals surface area (Å²) >= 11 is 0. The van der Waals surface area contributed by atoms with Crippen LogP contribution in [0.1, 0.15) is 32.6 Å². The first-order chi connectivity index (χ1) is 13.5. The summed E-state index contributed by atoms with van der Waals surface area (Å²) in [6.07, 6.45) is 3.14. The quantitative estimate of drug-likeness (QED) is 0.510. The van der Waals surface area contributed by atoms with Crippen molar-refractivity contribution < 1.29 is 4.79 Å². The van der Waals surface area contributed by atoms with Gasteiger partial charge >= 0.3 is 0 Å². The summed E-state index contributed by atoms with van der Waals surface area (Å²) in [5.74, 6) is 0.177. The number of carbonyl (C=O) groups is 1. The van der Waals surface area contributed by atoms with Crippen LogP contribution in [0, 0.1) is 5.41 Å². The predicted octanol–water partition coefficient (Wildman–Crippen LogP) is 2.15. The number of nitrogens with one attached hydrogen (secondary N) is 2. The fraction of sp³-hybridized carbons (Fsp3) is 0.143. The Morgan fingerprint density at radius 1 is 1.04 bits per heavy atom. The lowest BCUT2D eigenvalue weighted by atomic mass is 10.0. The molecule has 140 valence electrons. The molecule has 0 unspecified atom stereocenters. The topological polar surface area (TPSA) is 131 Å². The second-order valence-corrected chi connectivity index (χ2v) is 6.82. The van der Waals surface area contributed by atoms with Gasteiger partial charge in [0.2, 0.25) is 5.91 Å². The van der Waals surface area contributed by atoms with Gasteiger partial charge in [-0.05, 0) is 36.1 Å². The zero-order chi connectivity index (χ0) is 19.7. The molecule has 3 aromatic rings. The largest absolute Gasteiger partial charge is 0.383 e. The number of nitrogen functional groups attached to an aromatic ring is 1. The number of primary amides is 1. The Hall–Kier alpha value is -3.74. The molecular formula is C21H20N6O. The minimum absolute atomic E-state index is 0.138. The van der Waals surface area contributed by atoms with Crippen LogP contribution in [0.2, 0.25) is 0 Å². The van der Waals surface area contributed by atoms with Gasteiger partial charge in [0.25, 0.3) is 0 Å². The van der Waals surface area contributed by atoms with Crippen LogP contribution in [-0.2, 0) is 12.8 Å². The molecule has 0 bridgehead atoms. The maximum absolute atomic E-state index is 11.5. The van der Waals surface area contributed by atoms with Crippen molar-refractivity contribution in [3.05, 3.63) is 82.7 Å². The van der Waals surface area contributed by atoms with Gasteiger partial charge in [0, 0.05) is 17.2 Å². The van der Waals surface area contributed by atoms with Crippen molar-refractivity contribution in [2.45, 2.75) is 18.9 Å². The Kier molecular flexibility index (Phi) is 4.49. The zero-order valence-corrected chi connectivity index (χ0v) is 15.1. The van der Waals surface area contributed by atoms with Gasteiger partial charge in [-0.3, -0.25) is 10.2 Å². The van der Waals surface area contributed by atoms with E-state index in [1.807, 2.05) is 12.1 Å². The van der Waals surface area contributed by atoms with Crippen molar-refractivity contribution in [2.75, 3.05) is 11.1 Å². The molecule has 0 aliphatic heterocycles. The predicted molar refractivity (Wildman–Crippen MR) is 109 cm³/mol. The van der Waals surface area contributed by atoms with Gasteiger partial charge in [-0.1, -0.05) is 36.4 Å². The zero-order valence-electron chi connectivity index (χ0n) is 15.1. The van der Waals surface area contributed by atoms with Crippen LogP contribution in [0.4, 0.5) is 11.6 Å². The number of fused-ring (bicyclic) bond motifs is 1. The highest BCUT2D eigenvalue weighted by Crippen LogP contribution is 2.27. The van der Waals surface area contributed by atoms with E-state index in [2.05, 4.69) is 27.4 Å². The van der Waals surface area contributed by atoms with Crippen LogP contribution in [0.25, 0.3) is 0 Å². The van der Waals surface area contributed by atoms with Gasteiger partial charge in [0.15, 0.2) is 0 Å². The fourth-order valence-electron chi connectivity index (χ4n) is 3.58. The Morgan fingerprint density at radius 3 is 2.39 bits per heavy atom. The number of rotatable bonds is 5. The molecular weight excluding hydrogens is 352 g/mol. The molecule has 1 aromatic heterocycles. The van der Waals surface area contributed by atoms with Crippen molar-refractivity contribution >= 4 is 23.3 Å². The molecule has 1 aliphatic carbocycles. The van der Waals surface area contributed by atoms with E-state index >= 15 is 0 Å². The van der Waals surface area contributed by atoms with Crippen molar-refractivity contribution in [3.8, 4) is 0 Å². The third-order valence-electron chi connectivity index (χ3n) is 4.95. The minimum atomic E-state index is -0.547. The highest BCUT2D eigenvalue weighted by atomic mass is 16.1. The van der Waals surface area contributed by atoms with Gasteiger partial charge < -0.3 is 16.8 Å². The minimum Gasteiger partial charge on any atom is -0.383 e. The molecule has 7 heteroatoms. The maximum Gasteiger partial charge on any atom is 0.248 e. The molecule has 0 radical (unpaired) electrons. The van der Waals surface area contributed by atoms with E-state index in [1.165, 1.54) is 17.5 Å². The first-order valence-electron chi connectivity index (χ1n) is 8.96. The summed E-state index contributed by atoms with van der Waals surface area (Å²) in [4.78, 5) is 19.9. The van der Waals surface area contributed by atoms with Gasteiger partial charge in [0.05, 0.1) is 11.3 Å². The highest BCUT2D eigenvalue weighted by molar-refractivity contribution is 6.16. The molecule has 1 aliphatic rings. The number of anilines is 2. The summed E-state index contributed by atoms with van der Waals surface area (Å²) in [5.41, 5.74) is 15.5. The fourth-order valence-corrected chi connectivity index (χ4v) is 3.58. The Bertz CT molecular complexity index is 1050. The normalized spacial score (nSPS) is 13.1. The summed E-state index contributed by atoms with van der Waals surface area (Å²) in [6.45, 7) is 0. The molecule has 7 nitrogen and oxygen atoms in total. The molecule has 0 saturated heterocycles. The number of nitrogens with two attached hydrogens (primary N) is 2. The van der Waals surface area contributed by atoms with Crippen LogP contribution in [0.15, 0.2) is 54.9 Å². The summed E-state index contributed by atoms with van der Waals surface area (Å²) in [6, 6.07) is 15.1. The molecule has 6 N–H and O–H groups in total. The number of aromatic nitrogens is 2. The first kappa shape index (κ1) is 17.7. The number of amides is 1. The summed E-state index contributed by atoms with van der Waals surface area (Å²) < 4.78 is 0. The number of hydrogen-bond donors (Lipinski definition) is 4. The van der Waals surface area contributed by atoms with Crippen LogP contribution < -0.4 is 16.8 Å². The molecule has 0 fully saturated rings. The third-order valence-corrected chi connectivity index (χ3v) is 4.95. The second-order valence-electron chi connectivity index (χ2n) is 6.82. The maximum atomic E-state index is 11.5. The number of benzene rings is 2. The van der Waals surface area contributed by atoms with Crippen molar-refractivity contribution in [1.29, 1.82) is 5.41 Å². The summed E-state index contributed by atoms with van der Waals surface area (Å²) in [5, 5.41) is 12.1. The lowest BCUT2D eigenvalue weighted by molar-refractivity contribution is 0.100. The number of carbonyl (C=O) groups excluding carboxylic acids is 1. The lowest BCUT2D eigenvalue weighted by Gasteiger charge is -2.17. The van der Waals surface area contributed by atoms with E-state index in [0.29, 0.717) is 22.5 Å². The molecule has 1 amide bonds. The van der Waals surface area contributed by atoms with E-state index in [9.17, 15) is 4.79 Å². The molecule has 0 atom stereocenters. The Labute approximate surface area is 162 Å².